The van der Waals surface area contributed by atoms with E-state index in [1.807, 2.05) is 25.1 Å². The lowest BCUT2D eigenvalue weighted by atomic mass is 10.1. The van der Waals surface area contributed by atoms with E-state index in [4.69, 9.17) is 16.3 Å². The Kier molecular flexibility index (Phi) is 4.18. The fourth-order valence-electron chi connectivity index (χ4n) is 2.26. The van der Waals surface area contributed by atoms with Gasteiger partial charge in [0.25, 0.3) is 0 Å². The lowest BCUT2D eigenvalue weighted by Crippen LogP contribution is -2.15. The molecule has 0 bridgehead atoms. The highest BCUT2D eigenvalue weighted by molar-refractivity contribution is 6.30. The molecule has 0 saturated heterocycles. The molecule has 0 spiro atoms. The first kappa shape index (κ1) is 14.4. The maximum atomic E-state index is 6.07. The van der Waals surface area contributed by atoms with Crippen LogP contribution in [0.1, 0.15) is 29.5 Å². The average molecular weight is 302 g/mol. The molecule has 1 aliphatic rings. The molecule has 3 heteroatoms. The molecule has 0 aromatic heterocycles. The van der Waals surface area contributed by atoms with Gasteiger partial charge in [-0.1, -0.05) is 23.7 Å². The second-order valence-electron chi connectivity index (χ2n) is 5.77. The summed E-state index contributed by atoms with van der Waals surface area (Å²) in [5.41, 5.74) is 3.44. The molecule has 0 radical (unpaired) electrons. The van der Waals surface area contributed by atoms with Crippen molar-refractivity contribution in [3.8, 4) is 11.5 Å². The first-order chi connectivity index (χ1) is 10.1. The van der Waals surface area contributed by atoms with E-state index in [0.29, 0.717) is 6.04 Å². The number of nitrogens with one attached hydrogen (secondary N) is 1. The van der Waals surface area contributed by atoms with Crippen molar-refractivity contribution in [3.05, 3.63) is 58.1 Å². The predicted molar refractivity (Wildman–Crippen MR) is 87.3 cm³/mol. The van der Waals surface area contributed by atoms with Crippen molar-refractivity contribution in [3.63, 3.8) is 0 Å². The van der Waals surface area contributed by atoms with Crippen LogP contribution in [0.3, 0.4) is 0 Å². The molecule has 0 heterocycles. The van der Waals surface area contributed by atoms with Gasteiger partial charge in [-0.3, -0.25) is 0 Å². The molecule has 0 aliphatic heterocycles. The van der Waals surface area contributed by atoms with Crippen LogP contribution in [0.25, 0.3) is 0 Å². The summed E-state index contributed by atoms with van der Waals surface area (Å²) in [6, 6.07) is 12.8. The monoisotopic (exact) mass is 301 g/mol. The molecular formula is C18H20ClNO. The summed E-state index contributed by atoms with van der Waals surface area (Å²) < 4.78 is 6.07. The molecule has 110 valence electrons. The fourth-order valence-corrected chi connectivity index (χ4v) is 2.49. The van der Waals surface area contributed by atoms with E-state index in [-0.39, 0.29) is 0 Å². The van der Waals surface area contributed by atoms with Crippen molar-refractivity contribution in [2.45, 2.75) is 39.3 Å². The molecule has 0 unspecified atom stereocenters. The summed E-state index contributed by atoms with van der Waals surface area (Å²) in [5, 5.41) is 4.26. The second kappa shape index (κ2) is 6.08. The average Bonchev–Trinajstić information content (AvgIpc) is 3.27. The predicted octanol–water partition coefficient (Wildman–Crippen LogP) is 5.00. The van der Waals surface area contributed by atoms with Crippen LogP contribution < -0.4 is 10.1 Å². The summed E-state index contributed by atoms with van der Waals surface area (Å²) in [4.78, 5) is 0. The Balaban J connectivity index is 1.77. The van der Waals surface area contributed by atoms with E-state index in [1.54, 1.807) is 0 Å². The Bertz CT molecular complexity index is 650. The molecule has 0 amide bonds. The van der Waals surface area contributed by atoms with E-state index >= 15 is 0 Å². The summed E-state index contributed by atoms with van der Waals surface area (Å²) in [6.45, 7) is 4.98. The molecule has 3 rings (SSSR count). The van der Waals surface area contributed by atoms with Gasteiger partial charge in [-0.05, 0) is 67.6 Å². The number of hydrogen-bond donors (Lipinski definition) is 1. The molecule has 1 N–H and O–H groups in total. The molecule has 21 heavy (non-hydrogen) atoms. The SMILES string of the molecule is Cc1cc(Cl)ccc1Oc1cc(CNC2CC2)ccc1C. The van der Waals surface area contributed by atoms with E-state index in [9.17, 15) is 0 Å². The van der Waals surface area contributed by atoms with Crippen LogP contribution in [-0.4, -0.2) is 6.04 Å². The fraction of sp³-hybridized carbons (Fsp3) is 0.333. The quantitative estimate of drug-likeness (QED) is 0.839. The van der Waals surface area contributed by atoms with Gasteiger partial charge in [-0.2, -0.15) is 0 Å². The highest BCUT2D eigenvalue weighted by atomic mass is 35.5. The third-order valence-electron chi connectivity index (χ3n) is 3.78. The minimum Gasteiger partial charge on any atom is -0.457 e. The lowest BCUT2D eigenvalue weighted by Gasteiger charge is -2.13. The van der Waals surface area contributed by atoms with Crippen molar-refractivity contribution < 1.29 is 4.74 Å². The molecule has 2 aromatic rings. The first-order valence-electron chi connectivity index (χ1n) is 7.39. The van der Waals surface area contributed by atoms with Gasteiger partial charge in [0.1, 0.15) is 11.5 Å². The van der Waals surface area contributed by atoms with E-state index < -0.39 is 0 Å². The normalized spacial score (nSPS) is 14.2. The maximum absolute atomic E-state index is 6.07. The molecule has 1 saturated carbocycles. The molecule has 2 aromatic carbocycles. The number of benzene rings is 2. The van der Waals surface area contributed by atoms with Crippen LogP contribution >= 0.6 is 11.6 Å². The highest BCUT2D eigenvalue weighted by Crippen LogP contribution is 2.30. The minimum atomic E-state index is 0.717. The van der Waals surface area contributed by atoms with Gasteiger partial charge >= 0.3 is 0 Å². The zero-order valence-electron chi connectivity index (χ0n) is 12.4. The molecule has 1 aliphatic carbocycles. The van der Waals surface area contributed by atoms with Gasteiger partial charge in [-0.25, -0.2) is 0 Å². The van der Waals surface area contributed by atoms with Crippen molar-refractivity contribution in [1.29, 1.82) is 0 Å². The second-order valence-corrected chi connectivity index (χ2v) is 6.20. The van der Waals surface area contributed by atoms with Crippen LogP contribution in [-0.2, 0) is 6.54 Å². The zero-order valence-corrected chi connectivity index (χ0v) is 13.2. The van der Waals surface area contributed by atoms with E-state index in [0.717, 1.165) is 34.2 Å². The Morgan fingerprint density at radius 3 is 2.57 bits per heavy atom. The van der Waals surface area contributed by atoms with Crippen LogP contribution in [0.15, 0.2) is 36.4 Å². The molecule has 2 nitrogen and oxygen atoms in total. The van der Waals surface area contributed by atoms with Gasteiger partial charge in [0.2, 0.25) is 0 Å². The van der Waals surface area contributed by atoms with Gasteiger partial charge in [0.15, 0.2) is 0 Å². The standard InChI is InChI=1S/C18H20ClNO/c1-12-3-4-14(11-20-16-6-7-16)10-18(12)21-17-8-5-15(19)9-13(17)2/h3-5,8-10,16,20H,6-7,11H2,1-2H3. The van der Waals surface area contributed by atoms with Crippen molar-refractivity contribution in [1.82, 2.24) is 5.32 Å². The zero-order chi connectivity index (χ0) is 14.8. The maximum Gasteiger partial charge on any atom is 0.130 e. The number of aryl methyl sites for hydroxylation is 2. The van der Waals surface area contributed by atoms with Crippen LogP contribution in [0.5, 0.6) is 11.5 Å². The van der Waals surface area contributed by atoms with Gasteiger partial charge in [-0.15, -0.1) is 0 Å². The Morgan fingerprint density at radius 2 is 1.86 bits per heavy atom. The van der Waals surface area contributed by atoms with Crippen molar-refractivity contribution >= 4 is 11.6 Å². The minimum absolute atomic E-state index is 0.717. The number of halogens is 1. The number of hydrogen-bond acceptors (Lipinski definition) is 2. The highest BCUT2D eigenvalue weighted by Gasteiger charge is 2.20. The summed E-state index contributed by atoms with van der Waals surface area (Å²) in [7, 11) is 0. The van der Waals surface area contributed by atoms with E-state index in [2.05, 4.69) is 30.4 Å². The smallest absolute Gasteiger partial charge is 0.130 e. The lowest BCUT2D eigenvalue weighted by molar-refractivity contribution is 0.474. The Morgan fingerprint density at radius 1 is 1.05 bits per heavy atom. The number of ether oxygens (including phenoxy) is 1. The van der Waals surface area contributed by atoms with Gasteiger partial charge in [0, 0.05) is 17.6 Å². The Hall–Kier alpha value is -1.51. The summed E-state index contributed by atoms with van der Waals surface area (Å²) in [5.74, 6) is 1.77. The summed E-state index contributed by atoms with van der Waals surface area (Å²) >= 11 is 5.99. The van der Waals surface area contributed by atoms with Crippen molar-refractivity contribution in [2.75, 3.05) is 0 Å². The van der Waals surface area contributed by atoms with Gasteiger partial charge < -0.3 is 10.1 Å². The van der Waals surface area contributed by atoms with Gasteiger partial charge in [0.05, 0.1) is 0 Å². The molecule has 1 fully saturated rings. The third-order valence-corrected chi connectivity index (χ3v) is 4.02. The van der Waals surface area contributed by atoms with E-state index in [1.165, 1.54) is 18.4 Å². The van der Waals surface area contributed by atoms with Crippen LogP contribution in [0.4, 0.5) is 0 Å². The number of rotatable bonds is 5. The first-order valence-corrected chi connectivity index (χ1v) is 7.76. The van der Waals surface area contributed by atoms with Crippen LogP contribution in [0.2, 0.25) is 5.02 Å². The largest absolute Gasteiger partial charge is 0.457 e. The molecule has 0 atom stereocenters. The topological polar surface area (TPSA) is 21.3 Å². The summed E-state index contributed by atoms with van der Waals surface area (Å²) in [6.07, 6.45) is 2.61. The third kappa shape index (κ3) is 3.78. The molecular weight excluding hydrogens is 282 g/mol. The van der Waals surface area contributed by atoms with Crippen molar-refractivity contribution in [2.24, 2.45) is 0 Å². The Labute approximate surface area is 131 Å². The van der Waals surface area contributed by atoms with Crippen LogP contribution in [0, 0.1) is 13.8 Å².